The summed E-state index contributed by atoms with van der Waals surface area (Å²) in [5, 5.41) is 3.47. The third-order valence-electron chi connectivity index (χ3n) is 5.75. The number of benzene rings is 1. The average molecular weight is 515 g/mol. The summed E-state index contributed by atoms with van der Waals surface area (Å²) in [7, 11) is -3.57. The van der Waals surface area contributed by atoms with Crippen LogP contribution >= 0.6 is 23.7 Å². The van der Waals surface area contributed by atoms with Crippen LogP contribution in [0.3, 0.4) is 0 Å². The van der Waals surface area contributed by atoms with Gasteiger partial charge in [0, 0.05) is 43.0 Å². The number of nitrogens with zero attached hydrogens (tertiary/aromatic N) is 3. The first-order chi connectivity index (χ1) is 15.4. The highest BCUT2D eigenvalue weighted by molar-refractivity contribution is 7.89. The van der Waals surface area contributed by atoms with E-state index in [1.54, 1.807) is 16.4 Å². The summed E-state index contributed by atoms with van der Waals surface area (Å²) in [6.07, 6.45) is 4.44. The second-order valence-electron chi connectivity index (χ2n) is 8.10. The van der Waals surface area contributed by atoms with Crippen molar-refractivity contribution in [2.75, 3.05) is 31.5 Å². The van der Waals surface area contributed by atoms with Crippen LogP contribution in [0.25, 0.3) is 0 Å². The lowest BCUT2D eigenvalue weighted by molar-refractivity contribution is 0.102. The fourth-order valence-corrected chi connectivity index (χ4v) is 6.25. The summed E-state index contributed by atoms with van der Waals surface area (Å²) in [5.74, 6) is -0.277. The molecule has 3 rings (SSSR count). The van der Waals surface area contributed by atoms with E-state index in [-0.39, 0.29) is 23.2 Å². The van der Waals surface area contributed by atoms with E-state index >= 15 is 0 Å². The van der Waals surface area contributed by atoms with E-state index in [4.69, 9.17) is 0 Å². The first-order valence-electron chi connectivity index (χ1n) is 11.5. The molecule has 1 aromatic heterocycles. The molecule has 0 radical (unpaired) electrons. The number of hydrogen-bond acceptors (Lipinski definition) is 6. The van der Waals surface area contributed by atoms with E-state index in [9.17, 15) is 13.2 Å². The minimum absolute atomic E-state index is 0. The highest BCUT2D eigenvalue weighted by Crippen LogP contribution is 2.28. The molecule has 0 aliphatic carbocycles. The number of thiazole rings is 1. The van der Waals surface area contributed by atoms with Crippen molar-refractivity contribution in [1.29, 1.82) is 0 Å². The highest BCUT2D eigenvalue weighted by atomic mass is 35.5. The summed E-state index contributed by atoms with van der Waals surface area (Å²) in [6.45, 7) is 10.2. The third kappa shape index (κ3) is 6.99. The van der Waals surface area contributed by atoms with Crippen molar-refractivity contribution in [2.45, 2.75) is 64.3 Å². The van der Waals surface area contributed by atoms with E-state index in [1.165, 1.54) is 28.3 Å². The molecule has 7 nitrogen and oxygen atoms in total. The molecule has 1 aromatic carbocycles. The lowest BCUT2D eigenvalue weighted by Gasteiger charge is -2.23. The topological polar surface area (TPSA) is 82.6 Å². The number of hydrogen-bond donors (Lipinski definition) is 1. The Balaban J connectivity index is 0.00000385. The largest absolute Gasteiger partial charge is 0.298 e. The van der Waals surface area contributed by atoms with Gasteiger partial charge in [0.05, 0.1) is 10.6 Å². The Labute approximate surface area is 208 Å². The summed E-state index contributed by atoms with van der Waals surface area (Å²) in [5.41, 5.74) is 1.48. The lowest BCUT2D eigenvalue weighted by atomic mass is 10.2. The van der Waals surface area contributed by atoms with Crippen LogP contribution < -0.4 is 5.32 Å². The maximum Gasteiger partial charge on any atom is 0.257 e. The van der Waals surface area contributed by atoms with Crippen LogP contribution in [0.2, 0.25) is 0 Å². The van der Waals surface area contributed by atoms with E-state index in [2.05, 4.69) is 36.0 Å². The Morgan fingerprint density at radius 3 is 2.33 bits per heavy atom. The minimum atomic E-state index is -3.57. The molecule has 0 spiro atoms. The second kappa shape index (κ2) is 12.8. The van der Waals surface area contributed by atoms with Crippen LogP contribution in [-0.2, 0) is 23.0 Å². The number of unbranched alkanes of at least 4 members (excludes halogenated alkanes) is 2. The Hall–Kier alpha value is -1.52. The number of halogens is 1. The number of carbonyl (C=O) groups excluding carboxylic acids is 1. The fraction of sp³-hybridized carbons (Fsp3) is 0.565. The number of sulfonamides is 1. The Bertz CT molecular complexity index is 1000. The van der Waals surface area contributed by atoms with Crippen molar-refractivity contribution >= 4 is 44.8 Å². The van der Waals surface area contributed by atoms with Gasteiger partial charge in [0.15, 0.2) is 5.13 Å². The maximum atomic E-state index is 13.1. The summed E-state index contributed by atoms with van der Waals surface area (Å²) >= 11 is 1.52. The zero-order valence-electron chi connectivity index (χ0n) is 19.7. The van der Waals surface area contributed by atoms with Gasteiger partial charge >= 0.3 is 0 Å². The van der Waals surface area contributed by atoms with Crippen LogP contribution in [0.1, 0.15) is 67.4 Å². The zero-order chi connectivity index (χ0) is 23.1. The van der Waals surface area contributed by atoms with Gasteiger partial charge < -0.3 is 0 Å². The predicted molar refractivity (Wildman–Crippen MR) is 137 cm³/mol. The summed E-state index contributed by atoms with van der Waals surface area (Å²) < 4.78 is 27.8. The van der Waals surface area contributed by atoms with Crippen LogP contribution in [0.4, 0.5) is 5.13 Å². The van der Waals surface area contributed by atoms with Gasteiger partial charge in [-0.3, -0.25) is 15.0 Å². The van der Waals surface area contributed by atoms with Gasteiger partial charge in [0.2, 0.25) is 10.0 Å². The number of rotatable bonds is 11. The molecule has 1 N–H and O–H groups in total. The second-order valence-corrected chi connectivity index (χ2v) is 11.1. The highest BCUT2D eigenvalue weighted by Gasteiger charge is 2.24. The van der Waals surface area contributed by atoms with Crippen molar-refractivity contribution in [3.63, 3.8) is 0 Å². The van der Waals surface area contributed by atoms with Crippen LogP contribution in [-0.4, -0.2) is 54.7 Å². The molecule has 2 heterocycles. The summed E-state index contributed by atoms with van der Waals surface area (Å²) in [4.78, 5) is 21.1. The van der Waals surface area contributed by atoms with Crippen LogP contribution in [0.15, 0.2) is 29.2 Å². The van der Waals surface area contributed by atoms with Gasteiger partial charge in [-0.05, 0) is 43.7 Å². The first-order valence-corrected chi connectivity index (χ1v) is 13.8. The van der Waals surface area contributed by atoms with Gasteiger partial charge in [0.1, 0.15) is 0 Å². The van der Waals surface area contributed by atoms with Gasteiger partial charge in [0.25, 0.3) is 5.91 Å². The number of aromatic nitrogens is 1. The van der Waals surface area contributed by atoms with Gasteiger partial charge in [-0.25, -0.2) is 13.4 Å². The monoisotopic (exact) mass is 514 g/mol. The fourth-order valence-electron chi connectivity index (χ4n) is 3.69. The molecule has 184 valence electrons. The van der Waals surface area contributed by atoms with E-state index in [0.29, 0.717) is 23.8 Å². The number of fused-ring (bicyclic) bond motifs is 1. The molecule has 10 heteroatoms. The predicted octanol–water partition coefficient (Wildman–Crippen LogP) is 4.79. The number of nitrogens with one attached hydrogen (secondary N) is 1. The molecular formula is C23H35ClN4O3S2. The first kappa shape index (κ1) is 27.7. The van der Waals surface area contributed by atoms with E-state index < -0.39 is 10.0 Å². The van der Waals surface area contributed by atoms with Crippen LogP contribution in [0.5, 0.6) is 0 Å². The molecule has 0 fully saturated rings. The number of likely N-dealkylation sites (N-methyl/N-ethyl adjacent to an activating group) is 1. The van der Waals surface area contributed by atoms with Crippen molar-refractivity contribution in [3.05, 3.63) is 40.4 Å². The molecule has 33 heavy (non-hydrogen) atoms. The van der Waals surface area contributed by atoms with Crippen molar-refractivity contribution < 1.29 is 13.2 Å². The third-order valence-corrected chi connectivity index (χ3v) is 8.67. The number of carbonyl (C=O) groups is 1. The molecule has 0 saturated carbocycles. The normalized spacial score (nSPS) is 14.1. The standard InChI is InChI=1S/C23H34N4O3S2.ClH/c1-4-7-14-27(15-8-5-2)32(29,30)19-11-9-18(10-12-19)22(28)25-23-24-20-13-16-26(6-3)17-21(20)31-23;/h9-12H,4-8,13-17H2,1-3H3,(H,24,25,28);1H. The minimum Gasteiger partial charge on any atom is -0.298 e. The molecule has 0 atom stereocenters. The molecule has 1 aliphatic rings. The van der Waals surface area contributed by atoms with E-state index in [0.717, 1.165) is 57.4 Å². The van der Waals surface area contributed by atoms with Gasteiger partial charge in [-0.1, -0.05) is 33.6 Å². The Morgan fingerprint density at radius 1 is 1.12 bits per heavy atom. The SMILES string of the molecule is CCCCN(CCCC)S(=O)(=O)c1ccc(C(=O)Nc2nc3c(s2)CN(CC)CC3)cc1.Cl. The van der Waals surface area contributed by atoms with Crippen molar-refractivity contribution in [1.82, 2.24) is 14.2 Å². The molecule has 0 unspecified atom stereocenters. The maximum absolute atomic E-state index is 13.1. The zero-order valence-corrected chi connectivity index (χ0v) is 22.1. The number of amides is 1. The molecule has 2 aromatic rings. The van der Waals surface area contributed by atoms with Gasteiger partial charge in [-0.2, -0.15) is 4.31 Å². The molecule has 0 bridgehead atoms. The van der Waals surface area contributed by atoms with Crippen LogP contribution in [0, 0.1) is 0 Å². The lowest BCUT2D eigenvalue weighted by Crippen LogP contribution is -2.33. The van der Waals surface area contributed by atoms with Crippen molar-refractivity contribution in [2.24, 2.45) is 0 Å². The Kier molecular flexibility index (Phi) is 10.8. The van der Waals surface area contributed by atoms with Crippen molar-refractivity contribution in [3.8, 4) is 0 Å². The average Bonchev–Trinajstić information content (AvgIpc) is 3.20. The summed E-state index contributed by atoms with van der Waals surface area (Å²) in [6, 6.07) is 6.21. The molecule has 1 amide bonds. The van der Waals surface area contributed by atoms with E-state index in [1.807, 2.05) is 0 Å². The number of anilines is 1. The molecular weight excluding hydrogens is 480 g/mol. The quantitative estimate of drug-likeness (QED) is 0.466. The molecule has 1 aliphatic heterocycles. The smallest absolute Gasteiger partial charge is 0.257 e. The van der Waals surface area contributed by atoms with Gasteiger partial charge in [-0.15, -0.1) is 23.7 Å². The Morgan fingerprint density at radius 2 is 1.76 bits per heavy atom. The molecule has 0 saturated heterocycles.